The van der Waals surface area contributed by atoms with Crippen LogP contribution in [-0.2, 0) is 10.0 Å². The first kappa shape index (κ1) is 15.9. The summed E-state index contributed by atoms with van der Waals surface area (Å²) in [5.74, 6) is 0.658. The lowest BCUT2D eigenvalue weighted by Crippen LogP contribution is -2.28. The third kappa shape index (κ3) is 3.21. The number of furan rings is 1. The third-order valence-electron chi connectivity index (χ3n) is 3.09. The SMILES string of the molecule is O=S1(=O)N=C(N(CCO)/N=C/c2ccc(Br)o2)c2ccccc21. The number of halogens is 1. The summed E-state index contributed by atoms with van der Waals surface area (Å²) < 4.78 is 33.8. The minimum Gasteiger partial charge on any atom is -0.448 e. The second-order valence-corrected chi connectivity index (χ2v) is 6.97. The highest BCUT2D eigenvalue weighted by Crippen LogP contribution is 2.27. The fourth-order valence-electron chi connectivity index (χ4n) is 2.11. The highest BCUT2D eigenvalue weighted by atomic mass is 79.9. The van der Waals surface area contributed by atoms with Crippen molar-refractivity contribution in [2.24, 2.45) is 9.50 Å². The highest BCUT2D eigenvalue weighted by molar-refractivity contribution is 9.10. The second-order valence-electron chi connectivity index (χ2n) is 4.62. The number of hydrogen-bond acceptors (Lipinski definition) is 6. The molecule has 0 atom stereocenters. The summed E-state index contributed by atoms with van der Waals surface area (Å²) in [5.41, 5.74) is 0.457. The van der Waals surface area contributed by atoms with Crippen molar-refractivity contribution in [1.82, 2.24) is 5.01 Å². The van der Waals surface area contributed by atoms with Crippen LogP contribution in [0, 0.1) is 0 Å². The lowest BCUT2D eigenvalue weighted by atomic mass is 10.2. The molecule has 2 aromatic rings. The molecule has 0 unspecified atom stereocenters. The van der Waals surface area contributed by atoms with E-state index in [0.717, 1.165) is 0 Å². The molecule has 0 radical (unpaired) electrons. The van der Waals surface area contributed by atoms with Gasteiger partial charge in [-0.05, 0) is 40.2 Å². The van der Waals surface area contributed by atoms with E-state index < -0.39 is 10.0 Å². The van der Waals surface area contributed by atoms with Crippen LogP contribution in [0.1, 0.15) is 11.3 Å². The van der Waals surface area contributed by atoms with Gasteiger partial charge in [-0.2, -0.15) is 13.5 Å². The Morgan fingerprint density at radius 3 is 2.78 bits per heavy atom. The van der Waals surface area contributed by atoms with E-state index in [0.29, 0.717) is 16.0 Å². The van der Waals surface area contributed by atoms with E-state index in [9.17, 15) is 13.5 Å². The summed E-state index contributed by atoms with van der Waals surface area (Å²) >= 11 is 3.19. The molecule has 1 aliphatic heterocycles. The van der Waals surface area contributed by atoms with Crippen molar-refractivity contribution in [2.75, 3.05) is 13.2 Å². The summed E-state index contributed by atoms with van der Waals surface area (Å²) in [7, 11) is -3.74. The van der Waals surface area contributed by atoms with Crippen LogP contribution >= 0.6 is 15.9 Å². The van der Waals surface area contributed by atoms with Gasteiger partial charge in [0.15, 0.2) is 10.5 Å². The fraction of sp³-hybridized carbons (Fsp3) is 0.143. The van der Waals surface area contributed by atoms with Gasteiger partial charge >= 0.3 is 0 Å². The molecule has 1 aliphatic rings. The molecule has 7 nitrogen and oxygen atoms in total. The van der Waals surface area contributed by atoms with Crippen molar-refractivity contribution in [2.45, 2.75) is 4.90 Å². The molecule has 3 rings (SSSR count). The lowest BCUT2D eigenvalue weighted by Gasteiger charge is -2.17. The average Bonchev–Trinajstić information content (AvgIpc) is 3.06. The van der Waals surface area contributed by atoms with Crippen LogP contribution in [0.15, 0.2) is 59.9 Å². The smallest absolute Gasteiger partial charge is 0.285 e. The van der Waals surface area contributed by atoms with Crippen LogP contribution in [0.2, 0.25) is 0 Å². The third-order valence-corrected chi connectivity index (χ3v) is 4.84. The second kappa shape index (κ2) is 6.26. The molecular formula is C14H12BrN3O4S. The van der Waals surface area contributed by atoms with E-state index in [-0.39, 0.29) is 23.9 Å². The summed E-state index contributed by atoms with van der Waals surface area (Å²) in [6.07, 6.45) is 1.43. The van der Waals surface area contributed by atoms with Gasteiger partial charge in [0.2, 0.25) is 0 Å². The molecule has 9 heteroatoms. The quantitative estimate of drug-likeness (QED) is 0.626. The standard InChI is InChI=1S/C14H12BrN3O4S/c15-13-6-5-10(22-13)9-16-18(7-8-19)14-11-3-1-2-4-12(11)23(20,21)17-14/h1-6,9,19H,7-8H2/b16-9+. The van der Waals surface area contributed by atoms with Crippen LogP contribution < -0.4 is 0 Å². The number of fused-ring (bicyclic) bond motifs is 1. The summed E-state index contributed by atoms with van der Waals surface area (Å²) in [5, 5.41) is 14.7. The predicted molar refractivity (Wildman–Crippen MR) is 88.0 cm³/mol. The Morgan fingerprint density at radius 2 is 2.09 bits per heavy atom. The van der Waals surface area contributed by atoms with Gasteiger partial charge in [0, 0.05) is 5.56 Å². The van der Waals surface area contributed by atoms with Gasteiger partial charge in [-0.25, -0.2) is 5.01 Å². The number of rotatable bonds is 4. The molecule has 0 bridgehead atoms. The number of amidine groups is 1. The fourth-order valence-corrected chi connectivity index (χ4v) is 3.64. The minimum atomic E-state index is -3.74. The predicted octanol–water partition coefficient (Wildman–Crippen LogP) is 1.82. The number of benzene rings is 1. The normalized spacial score (nSPS) is 15.7. The van der Waals surface area contributed by atoms with Gasteiger partial charge in [0.25, 0.3) is 10.0 Å². The Morgan fingerprint density at radius 1 is 1.30 bits per heavy atom. The van der Waals surface area contributed by atoms with Crippen molar-refractivity contribution >= 4 is 38.0 Å². The molecule has 0 spiro atoms. The highest BCUT2D eigenvalue weighted by Gasteiger charge is 2.31. The molecule has 0 saturated carbocycles. The number of nitrogens with zero attached hydrogens (tertiary/aromatic N) is 3. The van der Waals surface area contributed by atoms with Gasteiger partial charge in [0.1, 0.15) is 10.7 Å². The molecule has 0 saturated heterocycles. The van der Waals surface area contributed by atoms with Gasteiger partial charge in [0.05, 0.1) is 19.4 Å². The van der Waals surface area contributed by atoms with Crippen molar-refractivity contribution in [3.8, 4) is 0 Å². The maximum Gasteiger partial charge on any atom is 0.285 e. The first-order valence-electron chi connectivity index (χ1n) is 6.63. The van der Waals surface area contributed by atoms with Gasteiger partial charge in [-0.1, -0.05) is 12.1 Å². The van der Waals surface area contributed by atoms with Gasteiger partial charge < -0.3 is 9.52 Å². The Hall–Kier alpha value is -1.97. The van der Waals surface area contributed by atoms with Crippen molar-refractivity contribution in [3.63, 3.8) is 0 Å². The topological polar surface area (TPSA) is 95.5 Å². The number of hydrogen-bond donors (Lipinski definition) is 1. The average molecular weight is 398 g/mol. The Bertz CT molecular complexity index is 889. The van der Waals surface area contributed by atoms with E-state index in [1.807, 2.05) is 0 Å². The largest absolute Gasteiger partial charge is 0.448 e. The lowest BCUT2D eigenvalue weighted by molar-refractivity contribution is 0.253. The van der Waals surface area contributed by atoms with Gasteiger partial charge in [-0.3, -0.25) is 0 Å². The molecule has 1 aromatic carbocycles. The molecule has 0 amide bonds. The Balaban J connectivity index is 1.97. The molecular weight excluding hydrogens is 386 g/mol. The molecule has 1 N–H and O–H groups in total. The van der Waals surface area contributed by atoms with Crippen molar-refractivity contribution in [1.29, 1.82) is 0 Å². The van der Waals surface area contributed by atoms with Gasteiger partial charge in [-0.15, -0.1) is 4.40 Å². The van der Waals surface area contributed by atoms with E-state index in [1.54, 1.807) is 30.3 Å². The number of aliphatic hydroxyl groups excluding tert-OH is 1. The van der Waals surface area contributed by atoms with Crippen LogP contribution in [0.3, 0.4) is 0 Å². The van der Waals surface area contributed by atoms with E-state index in [1.165, 1.54) is 17.3 Å². The number of aliphatic hydroxyl groups is 1. The maximum absolute atomic E-state index is 12.1. The Kier molecular flexibility index (Phi) is 4.33. The molecule has 0 aliphatic carbocycles. The summed E-state index contributed by atoms with van der Waals surface area (Å²) in [4.78, 5) is 0.133. The summed E-state index contributed by atoms with van der Waals surface area (Å²) in [6.45, 7) is -0.110. The van der Waals surface area contributed by atoms with Crippen LogP contribution in [0.4, 0.5) is 0 Å². The van der Waals surface area contributed by atoms with Crippen LogP contribution in [-0.4, -0.2) is 43.7 Å². The van der Waals surface area contributed by atoms with E-state index in [4.69, 9.17) is 4.42 Å². The van der Waals surface area contributed by atoms with E-state index in [2.05, 4.69) is 25.4 Å². The van der Waals surface area contributed by atoms with Crippen molar-refractivity contribution in [3.05, 3.63) is 52.4 Å². The van der Waals surface area contributed by atoms with Crippen LogP contribution in [0.5, 0.6) is 0 Å². The Labute approximate surface area is 141 Å². The molecule has 23 heavy (non-hydrogen) atoms. The molecule has 0 fully saturated rings. The van der Waals surface area contributed by atoms with Crippen molar-refractivity contribution < 1.29 is 17.9 Å². The van der Waals surface area contributed by atoms with Crippen LogP contribution in [0.25, 0.3) is 0 Å². The first-order valence-corrected chi connectivity index (χ1v) is 8.86. The zero-order valence-corrected chi connectivity index (χ0v) is 14.2. The monoisotopic (exact) mass is 397 g/mol. The first-order chi connectivity index (χ1) is 11.0. The summed E-state index contributed by atoms with van der Waals surface area (Å²) in [6, 6.07) is 9.92. The minimum absolute atomic E-state index is 0.0983. The zero-order chi connectivity index (χ0) is 16.4. The molecule has 1 aromatic heterocycles. The number of hydrazone groups is 1. The molecule has 2 heterocycles. The van der Waals surface area contributed by atoms with E-state index >= 15 is 0 Å². The maximum atomic E-state index is 12.1. The zero-order valence-electron chi connectivity index (χ0n) is 11.8. The molecule has 120 valence electrons. The number of sulfonamides is 1.